The molecule has 3 amide bonds. The molecule has 0 aliphatic rings. The number of aromatic nitrogens is 1. The lowest BCUT2D eigenvalue weighted by Gasteiger charge is -2.03. The van der Waals surface area contributed by atoms with Gasteiger partial charge in [-0.25, -0.2) is 15.2 Å². The molecule has 0 spiro atoms. The Kier molecular flexibility index (Phi) is 5.19. The summed E-state index contributed by atoms with van der Waals surface area (Å²) >= 11 is 3.28. The van der Waals surface area contributed by atoms with E-state index < -0.39 is 6.03 Å². The maximum absolute atomic E-state index is 11.3. The number of thioether (sulfide) groups is 1. The highest BCUT2D eigenvalue weighted by molar-refractivity contribution is 8.01. The SMILES string of the molecule is NC(=O)NNC(=O)CCCSc1nc2ccccc2s1. The van der Waals surface area contributed by atoms with E-state index in [4.69, 9.17) is 5.73 Å². The van der Waals surface area contributed by atoms with Gasteiger partial charge in [-0.05, 0) is 18.6 Å². The molecule has 6 nitrogen and oxygen atoms in total. The van der Waals surface area contributed by atoms with Gasteiger partial charge in [0.05, 0.1) is 10.2 Å². The van der Waals surface area contributed by atoms with E-state index in [0.717, 1.165) is 15.6 Å². The van der Waals surface area contributed by atoms with Gasteiger partial charge >= 0.3 is 6.03 Å². The number of carbonyl (C=O) groups is 2. The molecule has 2 aromatic rings. The monoisotopic (exact) mass is 310 g/mol. The third-order valence-corrected chi connectivity index (χ3v) is 4.64. The summed E-state index contributed by atoms with van der Waals surface area (Å²) in [7, 11) is 0. The Labute approximate surface area is 124 Å². The van der Waals surface area contributed by atoms with Crippen LogP contribution in [0.2, 0.25) is 0 Å². The molecular formula is C12H14N4O2S2. The van der Waals surface area contributed by atoms with Crippen LogP contribution in [-0.4, -0.2) is 22.7 Å². The molecule has 2 rings (SSSR count). The summed E-state index contributed by atoms with van der Waals surface area (Å²) in [4.78, 5) is 26.2. The first-order chi connectivity index (χ1) is 9.65. The lowest BCUT2D eigenvalue weighted by molar-refractivity contribution is -0.121. The molecule has 8 heteroatoms. The maximum Gasteiger partial charge on any atom is 0.330 e. The molecule has 1 aromatic heterocycles. The molecule has 1 aromatic carbocycles. The predicted molar refractivity (Wildman–Crippen MR) is 80.4 cm³/mol. The minimum atomic E-state index is -0.776. The van der Waals surface area contributed by atoms with Crippen LogP contribution >= 0.6 is 23.1 Å². The number of fused-ring (bicyclic) bond motifs is 1. The molecule has 0 saturated carbocycles. The molecule has 0 bridgehead atoms. The summed E-state index contributed by atoms with van der Waals surface area (Å²) < 4.78 is 2.17. The van der Waals surface area contributed by atoms with Gasteiger partial charge in [-0.3, -0.25) is 10.2 Å². The summed E-state index contributed by atoms with van der Waals surface area (Å²) in [5, 5.41) is 0. The number of rotatable bonds is 5. The third-order valence-electron chi connectivity index (χ3n) is 2.37. The van der Waals surface area contributed by atoms with Gasteiger partial charge in [0.1, 0.15) is 0 Å². The highest BCUT2D eigenvalue weighted by atomic mass is 32.2. The highest BCUT2D eigenvalue weighted by Crippen LogP contribution is 2.29. The second kappa shape index (κ2) is 7.11. The highest BCUT2D eigenvalue weighted by Gasteiger charge is 2.05. The van der Waals surface area contributed by atoms with Crippen LogP contribution < -0.4 is 16.6 Å². The van der Waals surface area contributed by atoms with Crippen molar-refractivity contribution in [3.63, 3.8) is 0 Å². The Bertz CT molecular complexity index is 581. The number of benzene rings is 1. The number of nitrogens with one attached hydrogen (secondary N) is 2. The fraction of sp³-hybridized carbons (Fsp3) is 0.250. The third kappa shape index (κ3) is 4.39. The van der Waals surface area contributed by atoms with Crippen molar-refractivity contribution in [3.8, 4) is 0 Å². The number of carbonyl (C=O) groups excluding carboxylic acids is 2. The van der Waals surface area contributed by atoms with E-state index in [9.17, 15) is 9.59 Å². The lowest BCUT2D eigenvalue weighted by atomic mass is 10.3. The molecule has 0 unspecified atom stereocenters. The van der Waals surface area contributed by atoms with E-state index in [1.54, 1.807) is 23.1 Å². The number of urea groups is 1. The van der Waals surface area contributed by atoms with Crippen LogP contribution in [0.5, 0.6) is 0 Å². The number of thiazole rings is 1. The van der Waals surface area contributed by atoms with Crippen molar-refractivity contribution in [2.24, 2.45) is 5.73 Å². The minimum absolute atomic E-state index is 0.256. The molecule has 0 aliphatic heterocycles. The molecule has 0 aliphatic carbocycles. The van der Waals surface area contributed by atoms with E-state index in [1.165, 1.54) is 4.70 Å². The summed E-state index contributed by atoms with van der Waals surface area (Å²) in [6.07, 6.45) is 1.03. The van der Waals surface area contributed by atoms with Gasteiger partial charge in [0, 0.05) is 12.2 Å². The maximum atomic E-state index is 11.3. The Morgan fingerprint density at radius 2 is 2.10 bits per heavy atom. The molecule has 0 saturated heterocycles. The van der Waals surface area contributed by atoms with Gasteiger partial charge in [-0.2, -0.15) is 0 Å². The Hall–Kier alpha value is -1.80. The van der Waals surface area contributed by atoms with Crippen molar-refractivity contribution >= 4 is 45.3 Å². The molecular weight excluding hydrogens is 296 g/mol. The molecule has 20 heavy (non-hydrogen) atoms. The van der Waals surface area contributed by atoms with Gasteiger partial charge in [0.25, 0.3) is 0 Å². The van der Waals surface area contributed by atoms with Crippen molar-refractivity contribution < 1.29 is 9.59 Å². The van der Waals surface area contributed by atoms with Gasteiger partial charge in [-0.1, -0.05) is 23.9 Å². The van der Waals surface area contributed by atoms with Crippen LogP contribution in [-0.2, 0) is 4.79 Å². The number of hydrogen-bond donors (Lipinski definition) is 3. The number of primary amides is 1. The van der Waals surface area contributed by atoms with Crippen LogP contribution in [0.4, 0.5) is 4.79 Å². The van der Waals surface area contributed by atoms with E-state index in [1.807, 2.05) is 29.7 Å². The average Bonchev–Trinajstić information content (AvgIpc) is 2.84. The smallest absolute Gasteiger partial charge is 0.330 e. The quantitative estimate of drug-likeness (QED) is 0.446. The zero-order chi connectivity index (χ0) is 14.4. The molecule has 106 valence electrons. The predicted octanol–water partition coefficient (Wildman–Crippen LogP) is 1.87. The van der Waals surface area contributed by atoms with Crippen LogP contribution in [0.3, 0.4) is 0 Å². The van der Waals surface area contributed by atoms with Gasteiger partial charge in [0.15, 0.2) is 4.34 Å². The first-order valence-electron chi connectivity index (χ1n) is 5.98. The van der Waals surface area contributed by atoms with Crippen LogP contribution in [0.15, 0.2) is 28.6 Å². The van der Waals surface area contributed by atoms with E-state index in [0.29, 0.717) is 12.8 Å². The second-order valence-electron chi connectivity index (χ2n) is 3.94. The van der Waals surface area contributed by atoms with Crippen LogP contribution in [0.25, 0.3) is 10.2 Å². The van der Waals surface area contributed by atoms with Crippen molar-refractivity contribution in [3.05, 3.63) is 24.3 Å². The Morgan fingerprint density at radius 1 is 1.30 bits per heavy atom. The number of nitrogens with zero attached hydrogens (tertiary/aromatic N) is 1. The number of hydrogen-bond acceptors (Lipinski definition) is 5. The van der Waals surface area contributed by atoms with Crippen molar-refractivity contribution in [1.82, 2.24) is 15.8 Å². The van der Waals surface area contributed by atoms with Gasteiger partial charge < -0.3 is 5.73 Å². The van der Waals surface area contributed by atoms with Gasteiger partial charge in [-0.15, -0.1) is 11.3 Å². The first kappa shape index (κ1) is 14.6. The molecule has 0 radical (unpaired) electrons. The summed E-state index contributed by atoms with van der Waals surface area (Å²) in [5.74, 6) is 0.540. The lowest BCUT2D eigenvalue weighted by Crippen LogP contribution is -2.44. The van der Waals surface area contributed by atoms with Crippen molar-refractivity contribution in [1.29, 1.82) is 0 Å². The number of para-hydroxylation sites is 1. The zero-order valence-corrected chi connectivity index (χ0v) is 12.2. The van der Waals surface area contributed by atoms with Crippen molar-refractivity contribution in [2.75, 3.05) is 5.75 Å². The van der Waals surface area contributed by atoms with E-state index in [2.05, 4.69) is 10.4 Å². The van der Waals surface area contributed by atoms with Gasteiger partial charge in [0.2, 0.25) is 5.91 Å². The normalized spacial score (nSPS) is 10.4. The largest absolute Gasteiger partial charge is 0.350 e. The summed E-state index contributed by atoms with van der Waals surface area (Å²) in [6.45, 7) is 0. The standard InChI is InChI=1S/C12H14N4O2S2/c13-11(18)16-15-10(17)6-3-7-19-12-14-8-4-1-2-5-9(8)20-12/h1-2,4-5H,3,6-7H2,(H,15,17)(H3,13,16,18). The van der Waals surface area contributed by atoms with Crippen LogP contribution in [0, 0.1) is 0 Å². The van der Waals surface area contributed by atoms with E-state index >= 15 is 0 Å². The molecule has 4 N–H and O–H groups in total. The van der Waals surface area contributed by atoms with Crippen LogP contribution in [0.1, 0.15) is 12.8 Å². The first-order valence-corrected chi connectivity index (χ1v) is 7.78. The van der Waals surface area contributed by atoms with Crippen molar-refractivity contribution in [2.45, 2.75) is 17.2 Å². The summed E-state index contributed by atoms with van der Waals surface area (Å²) in [5.41, 5.74) is 10.1. The topological polar surface area (TPSA) is 97.1 Å². The summed E-state index contributed by atoms with van der Waals surface area (Å²) in [6, 6.07) is 7.21. The number of hydrazine groups is 1. The molecule has 0 atom stereocenters. The second-order valence-corrected chi connectivity index (χ2v) is 6.31. The number of amides is 3. The Balaban J connectivity index is 1.70. The van der Waals surface area contributed by atoms with E-state index in [-0.39, 0.29) is 5.91 Å². The fourth-order valence-corrected chi connectivity index (χ4v) is 3.58. The fourth-order valence-electron chi connectivity index (χ4n) is 1.50. The Morgan fingerprint density at radius 3 is 2.85 bits per heavy atom. The average molecular weight is 310 g/mol. The number of nitrogens with two attached hydrogens (primary N) is 1. The minimum Gasteiger partial charge on any atom is -0.350 e. The zero-order valence-electron chi connectivity index (χ0n) is 10.6. The molecule has 0 fully saturated rings. The molecule has 1 heterocycles.